The van der Waals surface area contributed by atoms with E-state index in [1.54, 1.807) is 0 Å². The quantitative estimate of drug-likeness (QED) is 0.705. The Hall–Kier alpha value is -1.05. The Labute approximate surface area is 90.7 Å². The molecule has 2 nitrogen and oxygen atoms in total. The van der Waals surface area contributed by atoms with Crippen molar-refractivity contribution < 1.29 is 9.90 Å². The number of carbonyl (C=O) groups is 1. The predicted molar refractivity (Wildman–Crippen MR) is 59.5 cm³/mol. The molecule has 0 heterocycles. The molecule has 2 aliphatic carbocycles. The molecule has 2 heteroatoms. The minimum atomic E-state index is -0.608. The molecular formula is C13H18O2. The smallest absolute Gasteiger partial charge is 0.310 e. The van der Waals surface area contributed by atoms with Crippen molar-refractivity contribution in [3.63, 3.8) is 0 Å². The number of rotatable bonds is 2. The fourth-order valence-corrected chi connectivity index (χ4v) is 2.82. The van der Waals surface area contributed by atoms with Gasteiger partial charge in [-0.15, -0.1) is 0 Å². The molecule has 0 radical (unpaired) electrons. The van der Waals surface area contributed by atoms with Crippen LogP contribution in [0, 0.1) is 11.3 Å². The highest BCUT2D eigenvalue weighted by atomic mass is 16.4. The summed E-state index contributed by atoms with van der Waals surface area (Å²) in [5.74, 6) is -0.364. The standard InChI is InChI=1S/C13H18O2/c14-12(15)13(9-5-2-6-10-13)11-7-3-1-4-8-11/h2-3,5,7,11H,1,4,6,8-10H2,(H,14,15). The van der Waals surface area contributed by atoms with Gasteiger partial charge in [-0.25, -0.2) is 0 Å². The van der Waals surface area contributed by atoms with E-state index in [-0.39, 0.29) is 5.92 Å². The Kier molecular flexibility index (Phi) is 2.94. The van der Waals surface area contributed by atoms with Gasteiger partial charge in [0.1, 0.15) is 0 Å². The first-order valence-corrected chi connectivity index (χ1v) is 5.81. The van der Waals surface area contributed by atoms with Gasteiger partial charge in [0.15, 0.2) is 0 Å². The third-order valence-electron chi connectivity index (χ3n) is 3.80. The average Bonchev–Trinajstić information content (AvgIpc) is 2.31. The van der Waals surface area contributed by atoms with Crippen molar-refractivity contribution >= 4 is 5.97 Å². The second kappa shape index (κ2) is 4.21. The maximum absolute atomic E-state index is 11.5. The molecule has 0 saturated carbocycles. The zero-order valence-corrected chi connectivity index (χ0v) is 8.98. The summed E-state index contributed by atoms with van der Waals surface area (Å²) in [6, 6.07) is 0. The number of allylic oxidation sites excluding steroid dienone is 4. The maximum atomic E-state index is 11.5. The number of hydrogen-bond donors (Lipinski definition) is 1. The van der Waals surface area contributed by atoms with Crippen molar-refractivity contribution in [2.75, 3.05) is 0 Å². The highest BCUT2D eigenvalue weighted by molar-refractivity contribution is 5.76. The van der Waals surface area contributed by atoms with Crippen LogP contribution in [0.25, 0.3) is 0 Å². The summed E-state index contributed by atoms with van der Waals surface area (Å²) in [7, 11) is 0. The third-order valence-corrected chi connectivity index (χ3v) is 3.80. The van der Waals surface area contributed by atoms with E-state index in [2.05, 4.69) is 18.2 Å². The lowest BCUT2D eigenvalue weighted by atomic mass is 9.65. The van der Waals surface area contributed by atoms with Gasteiger partial charge >= 0.3 is 5.97 Å². The molecule has 2 rings (SSSR count). The van der Waals surface area contributed by atoms with Crippen molar-refractivity contribution in [2.45, 2.75) is 38.5 Å². The van der Waals surface area contributed by atoms with Crippen LogP contribution < -0.4 is 0 Å². The van der Waals surface area contributed by atoms with Crippen molar-refractivity contribution in [2.24, 2.45) is 11.3 Å². The summed E-state index contributed by atoms with van der Waals surface area (Å²) in [5, 5.41) is 9.47. The summed E-state index contributed by atoms with van der Waals surface area (Å²) < 4.78 is 0. The Balaban J connectivity index is 2.25. The largest absolute Gasteiger partial charge is 0.481 e. The van der Waals surface area contributed by atoms with Crippen LogP contribution in [0.15, 0.2) is 24.3 Å². The van der Waals surface area contributed by atoms with E-state index in [0.717, 1.165) is 32.1 Å². The van der Waals surface area contributed by atoms with E-state index >= 15 is 0 Å². The van der Waals surface area contributed by atoms with Crippen LogP contribution in [0.2, 0.25) is 0 Å². The van der Waals surface area contributed by atoms with Crippen molar-refractivity contribution in [3.8, 4) is 0 Å². The number of carboxylic acids is 1. The van der Waals surface area contributed by atoms with Gasteiger partial charge in [-0.05, 0) is 44.4 Å². The van der Waals surface area contributed by atoms with E-state index in [1.807, 2.05) is 6.08 Å². The molecule has 0 fully saturated rings. The summed E-state index contributed by atoms with van der Waals surface area (Å²) in [6.45, 7) is 0. The predicted octanol–water partition coefficient (Wildman–Crippen LogP) is 3.15. The minimum Gasteiger partial charge on any atom is -0.481 e. The van der Waals surface area contributed by atoms with E-state index in [1.165, 1.54) is 0 Å². The van der Waals surface area contributed by atoms with Gasteiger partial charge in [0.2, 0.25) is 0 Å². The van der Waals surface area contributed by atoms with Crippen molar-refractivity contribution in [3.05, 3.63) is 24.3 Å². The molecule has 1 N–H and O–H groups in total. The zero-order chi connectivity index (χ0) is 10.7. The fourth-order valence-electron chi connectivity index (χ4n) is 2.82. The molecule has 0 aliphatic heterocycles. The maximum Gasteiger partial charge on any atom is 0.310 e. The van der Waals surface area contributed by atoms with Gasteiger partial charge in [0, 0.05) is 0 Å². The van der Waals surface area contributed by atoms with Crippen molar-refractivity contribution in [1.29, 1.82) is 0 Å². The van der Waals surface area contributed by atoms with E-state index in [4.69, 9.17) is 0 Å². The van der Waals surface area contributed by atoms with Gasteiger partial charge < -0.3 is 5.11 Å². The molecule has 15 heavy (non-hydrogen) atoms. The lowest BCUT2D eigenvalue weighted by molar-refractivity contribution is -0.152. The first kappa shape index (κ1) is 10.5. The summed E-state index contributed by atoms with van der Waals surface area (Å²) in [4.78, 5) is 11.5. The van der Waals surface area contributed by atoms with Crippen molar-refractivity contribution in [1.82, 2.24) is 0 Å². The molecule has 0 bridgehead atoms. The van der Waals surface area contributed by atoms with Crippen LogP contribution in [-0.2, 0) is 4.79 Å². The Bertz CT molecular complexity index is 304. The molecule has 0 amide bonds. The summed E-state index contributed by atoms with van der Waals surface area (Å²) >= 11 is 0. The van der Waals surface area contributed by atoms with Crippen LogP contribution in [0.4, 0.5) is 0 Å². The molecule has 0 spiro atoms. The van der Waals surface area contributed by atoms with Crippen LogP contribution in [0.1, 0.15) is 38.5 Å². The van der Waals surface area contributed by atoms with E-state index in [0.29, 0.717) is 6.42 Å². The summed E-state index contributed by atoms with van der Waals surface area (Å²) in [5.41, 5.74) is -0.508. The molecule has 0 aromatic heterocycles. The van der Waals surface area contributed by atoms with Crippen LogP contribution in [0.3, 0.4) is 0 Å². The minimum absolute atomic E-state index is 0.244. The van der Waals surface area contributed by atoms with Crippen LogP contribution in [0.5, 0.6) is 0 Å². The Morgan fingerprint density at radius 1 is 1.27 bits per heavy atom. The average molecular weight is 206 g/mol. The van der Waals surface area contributed by atoms with E-state index < -0.39 is 11.4 Å². The fraction of sp³-hybridized carbons (Fsp3) is 0.615. The Morgan fingerprint density at radius 3 is 2.67 bits per heavy atom. The molecule has 0 saturated heterocycles. The molecular weight excluding hydrogens is 188 g/mol. The molecule has 2 atom stereocenters. The topological polar surface area (TPSA) is 37.3 Å². The normalized spacial score (nSPS) is 35.3. The molecule has 2 unspecified atom stereocenters. The first-order chi connectivity index (χ1) is 7.26. The molecule has 82 valence electrons. The lowest BCUT2D eigenvalue weighted by Crippen LogP contribution is -2.39. The van der Waals surface area contributed by atoms with Gasteiger partial charge in [-0.2, -0.15) is 0 Å². The molecule has 2 aliphatic rings. The van der Waals surface area contributed by atoms with Gasteiger partial charge in [0.05, 0.1) is 5.41 Å². The highest BCUT2D eigenvalue weighted by Crippen LogP contribution is 2.44. The number of carboxylic acid groups (broad SMARTS) is 1. The second-order valence-electron chi connectivity index (χ2n) is 4.64. The highest BCUT2D eigenvalue weighted by Gasteiger charge is 2.44. The monoisotopic (exact) mass is 206 g/mol. The van der Waals surface area contributed by atoms with E-state index in [9.17, 15) is 9.90 Å². The first-order valence-electron chi connectivity index (χ1n) is 5.81. The third kappa shape index (κ3) is 1.85. The summed E-state index contributed by atoms with van der Waals surface area (Å²) in [6.07, 6.45) is 14.1. The lowest BCUT2D eigenvalue weighted by Gasteiger charge is -2.38. The Morgan fingerprint density at radius 2 is 2.13 bits per heavy atom. The zero-order valence-electron chi connectivity index (χ0n) is 8.98. The number of aliphatic carboxylic acids is 1. The van der Waals surface area contributed by atoms with Gasteiger partial charge in [-0.1, -0.05) is 24.3 Å². The number of hydrogen-bond acceptors (Lipinski definition) is 1. The van der Waals surface area contributed by atoms with Gasteiger partial charge in [0.25, 0.3) is 0 Å². The second-order valence-corrected chi connectivity index (χ2v) is 4.64. The SMILES string of the molecule is O=C(O)C1(C2C=CCCC2)CC=CCC1. The van der Waals surface area contributed by atoms with Crippen LogP contribution in [-0.4, -0.2) is 11.1 Å². The molecule has 0 aromatic rings. The van der Waals surface area contributed by atoms with Crippen LogP contribution >= 0.6 is 0 Å². The molecule has 0 aromatic carbocycles. The van der Waals surface area contributed by atoms with Gasteiger partial charge in [-0.3, -0.25) is 4.79 Å².